The Balaban J connectivity index is 1.78. The normalized spacial score (nSPS) is 10.5. The molecule has 0 aliphatic heterocycles. The summed E-state index contributed by atoms with van der Waals surface area (Å²) in [6, 6.07) is 13.0. The van der Waals surface area contributed by atoms with Gasteiger partial charge in [0.05, 0.1) is 18.4 Å². The van der Waals surface area contributed by atoms with Gasteiger partial charge in [0.25, 0.3) is 11.5 Å². The van der Waals surface area contributed by atoms with E-state index >= 15 is 0 Å². The molecule has 0 radical (unpaired) electrons. The molecule has 10 heteroatoms. The van der Waals surface area contributed by atoms with Gasteiger partial charge in [-0.2, -0.15) is 9.78 Å². The molecule has 8 nitrogen and oxygen atoms in total. The summed E-state index contributed by atoms with van der Waals surface area (Å²) in [4.78, 5) is 37.0. The zero-order valence-corrected chi connectivity index (χ0v) is 17.8. The van der Waals surface area contributed by atoms with Crippen molar-refractivity contribution in [1.82, 2.24) is 15.1 Å². The molecule has 166 valence electrons. The SMILES string of the molecule is CCOC(=O)c1nn(-c2ccc(F)cc2)c(=O)cc1OCC(=O)NCc1ccccc1Cl. The molecule has 0 atom stereocenters. The standard InChI is InChI=1S/C22H19ClFN3O5/c1-2-31-22(30)21-18(11-20(29)27(26-21)16-9-7-15(24)8-10-16)32-13-19(28)25-12-14-5-3-4-6-17(14)23/h3-11H,2,12-13H2,1H3,(H,25,28). The van der Waals surface area contributed by atoms with Crippen LogP contribution in [0, 0.1) is 5.82 Å². The van der Waals surface area contributed by atoms with E-state index in [1.807, 2.05) is 0 Å². The molecule has 1 amide bonds. The van der Waals surface area contributed by atoms with E-state index in [0.717, 1.165) is 28.4 Å². The molecule has 0 aliphatic carbocycles. The number of carbonyl (C=O) groups excluding carboxylic acids is 2. The largest absolute Gasteiger partial charge is 0.481 e. The first-order valence-electron chi connectivity index (χ1n) is 9.59. The second-order valence-electron chi connectivity index (χ2n) is 6.46. The van der Waals surface area contributed by atoms with Crippen LogP contribution in [0.5, 0.6) is 5.75 Å². The van der Waals surface area contributed by atoms with Gasteiger partial charge in [0.15, 0.2) is 12.4 Å². The van der Waals surface area contributed by atoms with Crippen LogP contribution in [0.2, 0.25) is 5.02 Å². The quantitative estimate of drug-likeness (QED) is 0.520. The topological polar surface area (TPSA) is 99.5 Å². The summed E-state index contributed by atoms with van der Waals surface area (Å²) in [7, 11) is 0. The number of benzene rings is 2. The van der Waals surface area contributed by atoms with Crippen molar-refractivity contribution in [2.24, 2.45) is 0 Å². The van der Waals surface area contributed by atoms with Crippen molar-refractivity contribution < 1.29 is 23.5 Å². The van der Waals surface area contributed by atoms with Crippen LogP contribution in [0.25, 0.3) is 5.69 Å². The van der Waals surface area contributed by atoms with E-state index in [0.29, 0.717) is 5.02 Å². The fraction of sp³-hybridized carbons (Fsp3) is 0.182. The summed E-state index contributed by atoms with van der Waals surface area (Å²) >= 11 is 6.06. The molecule has 0 bridgehead atoms. The molecule has 2 aromatic carbocycles. The highest BCUT2D eigenvalue weighted by Crippen LogP contribution is 2.17. The van der Waals surface area contributed by atoms with Crippen molar-refractivity contribution in [3.05, 3.63) is 87.0 Å². The smallest absolute Gasteiger partial charge is 0.362 e. The van der Waals surface area contributed by atoms with Crippen LogP contribution in [0.15, 0.2) is 59.4 Å². The van der Waals surface area contributed by atoms with Crippen LogP contribution >= 0.6 is 11.6 Å². The Bertz CT molecular complexity index is 1180. The van der Waals surface area contributed by atoms with Crippen molar-refractivity contribution in [3.8, 4) is 11.4 Å². The van der Waals surface area contributed by atoms with Gasteiger partial charge in [0, 0.05) is 11.6 Å². The Morgan fingerprint density at radius 2 is 1.88 bits per heavy atom. The van der Waals surface area contributed by atoms with E-state index in [-0.39, 0.29) is 30.3 Å². The Morgan fingerprint density at radius 3 is 2.56 bits per heavy atom. The first-order chi connectivity index (χ1) is 15.4. The van der Waals surface area contributed by atoms with Crippen molar-refractivity contribution in [3.63, 3.8) is 0 Å². The fourth-order valence-corrected chi connectivity index (χ4v) is 2.89. The highest BCUT2D eigenvalue weighted by Gasteiger charge is 2.20. The molecule has 32 heavy (non-hydrogen) atoms. The van der Waals surface area contributed by atoms with E-state index in [4.69, 9.17) is 21.1 Å². The molecule has 1 N–H and O–H groups in total. The Hall–Kier alpha value is -3.72. The number of aromatic nitrogens is 2. The monoisotopic (exact) mass is 459 g/mol. The van der Waals surface area contributed by atoms with Crippen LogP contribution in [-0.4, -0.2) is 34.9 Å². The third kappa shape index (κ3) is 5.70. The van der Waals surface area contributed by atoms with Gasteiger partial charge < -0.3 is 14.8 Å². The summed E-state index contributed by atoms with van der Waals surface area (Å²) in [6.45, 7) is 1.38. The van der Waals surface area contributed by atoms with Crippen molar-refractivity contribution >= 4 is 23.5 Å². The van der Waals surface area contributed by atoms with Crippen LogP contribution in [0.1, 0.15) is 23.0 Å². The summed E-state index contributed by atoms with van der Waals surface area (Å²) < 4.78 is 24.5. The van der Waals surface area contributed by atoms with Gasteiger partial charge in [0.2, 0.25) is 5.69 Å². The molecule has 3 aromatic rings. The Morgan fingerprint density at radius 1 is 1.16 bits per heavy atom. The number of halogens is 2. The van der Waals surface area contributed by atoms with Gasteiger partial charge in [-0.15, -0.1) is 0 Å². The molecule has 0 spiro atoms. The molecule has 0 aliphatic rings. The van der Waals surface area contributed by atoms with E-state index < -0.39 is 29.9 Å². The van der Waals surface area contributed by atoms with Gasteiger partial charge in [-0.05, 0) is 42.8 Å². The fourth-order valence-electron chi connectivity index (χ4n) is 2.69. The lowest BCUT2D eigenvalue weighted by atomic mass is 10.2. The zero-order valence-electron chi connectivity index (χ0n) is 17.0. The maximum Gasteiger partial charge on any atom is 0.362 e. The summed E-state index contributed by atoms with van der Waals surface area (Å²) in [5, 5.41) is 7.15. The number of hydrogen-bond donors (Lipinski definition) is 1. The molecule has 0 unspecified atom stereocenters. The molecule has 0 fully saturated rings. The summed E-state index contributed by atoms with van der Waals surface area (Å²) in [5.74, 6) is -2.04. The van der Waals surface area contributed by atoms with Gasteiger partial charge in [-0.3, -0.25) is 9.59 Å². The first kappa shape index (κ1) is 23.0. The van der Waals surface area contributed by atoms with Crippen molar-refractivity contribution in [2.75, 3.05) is 13.2 Å². The highest BCUT2D eigenvalue weighted by atomic mass is 35.5. The van der Waals surface area contributed by atoms with Gasteiger partial charge in [-0.1, -0.05) is 29.8 Å². The van der Waals surface area contributed by atoms with Gasteiger partial charge >= 0.3 is 5.97 Å². The van der Waals surface area contributed by atoms with Gasteiger partial charge in [-0.25, -0.2) is 9.18 Å². The second-order valence-corrected chi connectivity index (χ2v) is 6.87. The molecule has 1 heterocycles. The minimum Gasteiger partial charge on any atom is -0.481 e. The van der Waals surface area contributed by atoms with E-state index in [9.17, 15) is 18.8 Å². The first-order valence-corrected chi connectivity index (χ1v) is 9.97. The summed E-state index contributed by atoms with van der Waals surface area (Å²) in [5.41, 5.74) is 0.0232. The lowest BCUT2D eigenvalue weighted by Gasteiger charge is -2.13. The van der Waals surface area contributed by atoms with Crippen LogP contribution in [0.4, 0.5) is 4.39 Å². The second kappa shape index (κ2) is 10.5. The highest BCUT2D eigenvalue weighted by molar-refractivity contribution is 6.31. The average Bonchev–Trinajstić information content (AvgIpc) is 2.78. The lowest BCUT2D eigenvalue weighted by Crippen LogP contribution is -2.30. The Kier molecular flexibility index (Phi) is 7.56. The zero-order chi connectivity index (χ0) is 23.1. The average molecular weight is 460 g/mol. The lowest BCUT2D eigenvalue weighted by molar-refractivity contribution is -0.123. The van der Waals surface area contributed by atoms with E-state index in [1.54, 1.807) is 31.2 Å². The van der Waals surface area contributed by atoms with Gasteiger partial charge in [0.1, 0.15) is 5.82 Å². The number of hydrogen-bond acceptors (Lipinski definition) is 6. The van der Waals surface area contributed by atoms with E-state index in [2.05, 4.69) is 10.4 Å². The minimum absolute atomic E-state index is 0.0634. The number of nitrogens with zero attached hydrogens (tertiary/aromatic N) is 2. The van der Waals surface area contributed by atoms with E-state index in [1.165, 1.54) is 12.1 Å². The molecule has 0 saturated carbocycles. The predicted octanol–water partition coefficient (Wildman–Crippen LogP) is 2.90. The molecule has 0 saturated heterocycles. The molecular weight excluding hydrogens is 441 g/mol. The molecule has 3 rings (SSSR count). The van der Waals surface area contributed by atoms with Crippen molar-refractivity contribution in [1.29, 1.82) is 0 Å². The third-order valence-corrected chi connectivity index (χ3v) is 4.60. The van der Waals surface area contributed by atoms with Crippen LogP contribution in [-0.2, 0) is 16.1 Å². The number of esters is 1. The minimum atomic E-state index is -0.838. The van der Waals surface area contributed by atoms with Crippen LogP contribution < -0.4 is 15.6 Å². The Labute approximate surface area is 187 Å². The number of rotatable bonds is 8. The maximum absolute atomic E-state index is 13.2. The third-order valence-electron chi connectivity index (χ3n) is 4.23. The molecule has 1 aromatic heterocycles. The predicted molar refractivity (Wildman–Crippen MR) is 115 cm³/mol. The summed E-state index contributed by atoms with van der Waals surface area (Å²) in [6.07, 6.45) is 0. The molecular formula is C22H19ClFN3O5. The number of nitrogens with one attached hydrogen (secondary N) is 1. The number of ether oxygens (including phenoxy) is 2. The maximum atomic E-state index is 13.2. The number of amides is 1. The number of carbonyl (C=O) groups is 2. The van der Waals surface area contributed by atoms with Crippen molar-refractivity contribution in [2.45, 2.75) is 13.5 Å². The van der Waals surface area contributed by atoms with Crippen LogP contribution in [0.3, 0.4) is 0 Å².